The first-order valence-electron chi connectivity index (χ1n) is 7.61. The molecule has 118 valence electrons. The number of hydrogen-bond donors (Lipinski definition) is 1. The quantitative estimate of drug-likeness (QED) is 0.586. The average Bonchev–Trinajstić information content (AvgIpc) is 3.17. The van der Waals surface area contributed by atoms with Crippen molar-refractivity contribution in [2.75, 3.05) is 6.79 Å². The summed E-state index contributed by atoms with van der Waals surface area (Å²) < 4.78 is 12.4. The second-order valence-electron chi connectivity index (χ2n) is 5.86. The first-order chi connectivity index (χ1) is 11.7. The van der Waals surface area contributed by atoms with Crippen molar-refractivity contribution >= 4 is 21.8 Å². The van der Waals surface area contributed by atoms with Gasteiger partial charge in [0.05, 0.1) is 22.1 Å². The van der Waals surface area contributed by atoms with Crippen LogP contribution in [0.3, 0.4) is 0 Å². The Balaban J connectivity index is 1.84. The normalized spacial score (nSPS) is 13.0. The monoisotopic (exact) mass is 319 g/mol. The number of pyridine rings is 1. The first-order valence-corrected chi connectivity index (χ1v) is 7.61. The van der Waals surface area contributed by atoms with Crippen molar-refractivity contribution in [2.24, 2.45) is 0 Å². The predicted molar refractivity (Wildman–Crippen MR) is 90.1 cm³/mol. The van der Waals surface area contributed by atoms with E-state index in [0.717, 1.165) is 27.7 Å². The van der Waals surface area contributed by atoms with Gasteiger partial charge in [-0.3, -0.25) is 14.9 Å². The molecule has 4 aromatic rings. The van der Waals surface area contributed by atoms with Crippen molar-refractivity contribution in [1.29, 1.82) is 0 Å². The van der Waals surface area contributed by atoms with E-state index < -0.39 is 0 Å². The van der Waals surface area contributed by atoms with Crippen LogP contribution in [0.15, 0.2) is 47.4 Å². The molecule has 0 amide bonds. The summed E-state index contributed by atoms with van der Waals surface area (Å²) in [4.78, 5) is 17.2. The fourth-order valence-electron chi connectivity index (χ4n) is 3.10. The zero-order chi connectivity index (χ0) is 16.3. The second kappa shape index (κ2) is 4.61. The lowest BCUT2D eigenvalue weighted by Gasteiger charge is -2.03. The summed E-state index contributed by atoms with van der Waals surface area (Å²) in [5.74, 6) is 1.34. The van der Waals surface area contributed by atoms with Crippen LogP contribution in [-0.4, -0.2) is 21.6 Å². The minimum absolute atomic E-state index is 0.123. The van der Waals surface area contributed by atoms with Crippen molar-refractivity contribution in [1.82, 2.24) is 14.8 Å². The third-order valence-corrected chi connectivity index (χ3v) is 4.28. The molecule has 0 radical (unpaired) electrons. The summed E-state index contributed by atoms with van der Waals surface area (Å²) in [6.45, 7) is 2.20. The molecule has 3 heterocycles. The zero-order valence-electron chi connectivity index (χ0n) is 12.9. The van der Waals surface area contributed by atoms with Gasteiger partial charge in [0.15, 0.2) is 11.5 Å². The molecule has 0 fully saturated rings. The van der Waals surface area contributed by atoms with Gasteiger partial charge in [-0.1, -0.05) is 12.1 Å². The van der Waals surface area contributed by atoms with Crippen LogP contribution in [0, 0.1) is 6.92 Å². The van der Waals surface area contributed by atoms with Crippen LogP contribution in [0.2, 0.25) is 0 Å². The number of ether oxygens (including phenoxy) is 2. The SMILES string of the molecule is Cc1cccc(-n2[nH]c3c(cnc4cc5c(cc43)OCO5)c2=O)c1. The van der Waals surface area contributed by atoms with Gasteiger partial charge < -0.3 is 9.47 Å². The number of aromatic nitrogens is 3. The molecule has 0 aliphatic carbocycles. The van der Waals surface area contributed by atoms with Crippen molar-refractivity contribution in [3.63, 3.8) is 0 Å². The molecule has 5 rings (SSSR count). The van der Waals surface area contributed by atoms with Gasteiger partial charge in [0.2, 0.25) is 6.79 Å². The van der Waals surface area contributed by atoms with E-state index in [9.17, 15) is 4.79 Å². The van der Waals surface area contributed by atoms with Crippen LogP contribution < -0.4 is 15.0 Å². The van der Waals surface area contributed by atoms with E-state index in [0.29, 0.717) is 16.9 Å². The molecule has 6 nitrogen and oxygen atoms in total. The second-order valence-corrected chi connectivity index (χ2v) is 5.86. The Morgan fingerprint density at radius 1 is 1.12 bits per heavy atom. The highest BCUT2D eigenvalue weighted by Gasteiger charge is 2.18. The highest BCUT2D eigenvalue weighted by molar-refractivity contribution is 6.04. The highest BCUT2D eigenvalue weighted by Crippen LogP contribution is 2.37. The number of aryl methyl sites for hydroxylation is 1. The van der Waals surface area contributed by atoms with E-state index >= 15 is 0 Å². The molecular weight excluding hydrogens is 306 g/mol. The molecule has 2 aromatic heterocycles. The molecule has 0 saturated carbocycles. The Morgan fingerprint density at radius 2 is 1.96 bits per heavy atom. The summed E-state index contributed by atoms with van der Waals surface area (Å²) in [6.07, 6.45) is 1.60. The zero-order valence-corrected chi connectivity index (χ0v) is 12.9. The molecule has 24 heavy (non-hydrogen) atoms. The predicted octanol–water partition coefficient (Wildman–Crippen LogP) is 2.90. The maximum Gasteiger partial charge on any atom is 0.280 e. The molecular formula is C18H13N3O3. The van der Waals surface area contributed by atoms with Gasteiger partial charge in [-0.05, 0) is 30.7 Å². The highest BCUT2D eigenvalue weighted by atomic mass is 16.7. The molecule has 6 heteroatoms. The lowest BCUT2D eigenvalue weighted by atomic mass is 10.1. The molecule has 1 aliphatic heterocycles. The molecule has 0 atom stereocenters. The van der Waals surface area contributed by atoms with Crippen LogP contribution in [0.4, 0.5) is 0 Å². The molecule has 0 unspecified atom stereocenters. The molecule has 0 saturated heterocycles. The number of nitrogens with one attached hydrogen (secondary N) is 1. The summed E-state index contributed by atoms with van der Waals surface area (Å²) in [6, 6.07) is 11.5. The Labute approximate surface area is 136 Å². The van der Waals surface area contributed by atoms with Gasteiger partial charge in [-0.25, -0.2) is 4.68 Å². The number of rotatable bonds is 1. The number of fused-ring (bicyclic) bond motifs is 4. The van der Waals surface area contributed by atoms with Crippen LogP contribution in [0.25, 0.3) is 27.5 Å². The Kier molecular flexibility index (Phi) is 2.53. The Morgan fingerprint density at radius 3 is 2.79 bits per heavy atom. The van der Waals surface area contributed by atoms with E-state index in [1.54, 1.807) is 10.9 Å². The Bertz CT molecular complexity index is 1170. The minimum atomic E-state index is -0.123. The molecule has 0 spiro atoms. The van der Waals surface area contributed by atoms with Crippen molar-refractivity contribution in [3.05, 3.63) is 58.5 Å². The summed E-state index contributed by atoms with van der Waals surface area (Å²) in [5.41, 5.74) is 3.26. The third-order valence-electron chi connectivity index (χ3n) is 4.28. The summed E-state index contributed by atoms with van der Waals surface area (Å²) in [7, 11) is 0. The van der Waals surface area contributed by atoms with E-state index in [-0.39, 0.29) is 12.4 Å². The van der Waals surface area contributed by atoms with E-state index in [4.69, 9.17) is 9.47 Å². The molecule has 1 N–H and O–H groups in total. The number of nitrogens with zero attached hydrogens (tertiary/aromatic N) is 2. The van der Waals surface area contributed by atoms with Crippen molar-refractivity contribution < 1.29 is 9.47 Å². The third kappa shape index (κ3) is 1.76. The standard InChI is InChI=1S/C18H13N3O3/c1-10-3-2-4-11(5-10)21-18(22)13-8-19-14-7-16-15(23-9-24-16)6-12(14)17(13)20-21/h2-8,20H,9H2,1H3. The summed E-state index contributed by atoms with van der Waals surface area (Å²) >= 11 is 0. The van der Waals surface area contributed by atoms with E-state index in [2.05, 4.69) is 10.1 Å². The first kappa shape index (κ1) is 13.2. The fourth-order valence-corrected chi connectivity index (χ4v) is 3.10. The lowest BCUT2D eigenvalue weighted by molar-refractivity contribution is 0.174. The largest absolute Gasteiger partial charge is 0.454 e. The molecule has 2 aromatic carbocycles. The number of aromatic amines is 1. The van der Waals surface area contributed by atoms with Gasteiger partial charge in [0, 0.05) is 17.6 Å². The maximum atomic E-state index is 12.8. The van der Waals surface area contributed by atoms with Crippen LogP contribution in [0.5, 0.6) is 11.5 Å². The van der Waals surface area contributed by atoms with Gasteiger partial charge in [0.25, 0.3) is 5.56 Å². The number of benzene rings is 2. The van der Waals surface area contributed by atoms with Crippen LogP contribution in [-0.2, 0) is 0 Å². The van der Waals surface area contributed by atoms with Crippen molar-refractivity contribution in [3.8, 4) is 17.2 Å². The number of hydrogen-bond acceptors (Lipinski definition) is 4. The average molecular weight is 319 g/mol. The Hall–Kier alpha value is -3.28. The van der Waals surface area contributed by atoms with Gasteiger partial charge in [-0.2, -0.15) is 0 Å². The topological polar surface area (TPSA) is 69.1 Å². The van der Waals surface area contributed by atoms with E-state index in [1.165, 1.54) is 0 Å². The molecule has 1 aliphatic rings. The smallest absolute Gasteiger partial charge is 0.280 e. The number of H-pyrrole nitrogens is 1. The van der Waals surface area contributed by atoms with Gasteiger partial charge in [0.1, 0.15) is 0 Å². The van der Waals surface area contributed by atoms with Gasteiger partial charge in [-0.15, -0.1) is 0 Å². The van der Waals surface area contributed by atoms with Crippen molar-refractivity contribution in [2.45, 2.75) is 6.92 Å². The van der Waals surface area contributed by atoms with Crippen LogP contribution in [0.1, 0.15) is 5.56 Å². The maximum absolute atomic E-state index is 12.8. The lowest BCUT2D eigenvalue weighted by Crippen LogP contribution is -2.14. The van der Waals surface area contributed by atoms with Gasteiger partial charge >= 0.3 is 0 Å². The minimum Gasteiger partial charge on any atom is -0.454 e. The fraction of sp³-hybridized carbons (Fsp3) is 0.111. The summed E-state index contributed by atoms with van der Waals surface area (Å²) in [5, 5.41) is 4.59. The van der Waals surface area contributed by atoms with Crippen LogP contribution >= 0.6 is 0 Å². The van der Waals surface area contributed by atoms with E-state index in [1.807, 2.05) is 43.3 Å². The molecule has 0 bridgehead atoms.